The second-order valence-electron chi connectivity index (χ2n) is 13.3. The van der Waals surface area contributed by atoms with Gasteiger partial charge in [-0.15, -0.1) is 0 Å². The first-order chi connectivity index (χ1) is 27.1. The normalized spacial score (nSPS) is 14.7. The molecule has 0 fully saturated rings. The second kappa shape index (κ2) is 38.7. The summed E-state index contributed by atoms with van der Waals surface area (Å²) in [6, 6.07) is 0. The molecule has 0 aliphatic rings. The van der Waals surface area contributed by atoms with Crippen LogP contribution in [0.15, 0.2) is 85.1 Å². The van der Waals surface area contributed by atoms with E-state index in [4.69, 9.17) is 19.1 Å². The summed E-state index contributed by atoms with van der Waals surface area (Å²) in [7, 11) is -4.66. The number of aliphatic hydroxyl groups is 2. The molecule has 0 radical (unpaired) electrons. The van der Waals surface area contributed by atoms with Crippen LogP contribution in [0, 0.1) is 0 Å². The Balaban J connectivity index is 4.55. The second-order valence-corrected chi connectivity index (χ2v) is 14.8. The van der Waals surface area contributed by atoms with Crippen molar-refractivity contribution < 1.29 is 52.6 Å². The minimum absolute atomic E-state index is 0.107. The average Bonchev–Trinajstić information content (AvgIpc) is 3.18. The van der Waals surface area contributed by atoms with E-state index in [1.807, 2.05) is 36.5 Å². The Bertz CT molecular complexity index is 1270. The molecule has 0 aromatic heterocycles. The number of ether oxygens (including phenoxy) is 2. The van der Waals surface area contributed by atoms with Crippen LogP contribution in [0.1, 0.15) is 136 Å². The summed E-state index contributed by atoms with van der Waals surface area (Å²) in [4.78, 5) is 46.6. The van der Waals surface area contributed by atoms with Gasteiger partial charge in [0.1, 0.15) is 12.7 Å². The largest absolute Gasteiger partial charge is 0.472 e. The van der Waals surface area contributed by atoms with Gasteiger partial charge >= 0.3 is 19.8 Å². The Hall–Kier alpha value is -3.18. The van der Waals surface area contributed by atoms with Gasteiger partial charge in [0, 0.05) is 19.3 Å². The fourth-order valence-corrected chi connectivity index (χ4v) is 5.56. The van der Waals surface area contributed by atoms with Crippen LogP contribution in [-0.4, -0.2) is 71.5 Å². The molecule has 12 heteroatoms. The summed E-state index contributed by atoms with van der Waals surface area (Å²) >= 11 is 0. The fraction of sp³-hybridized carbons (Fsp3) is 0.614. The van der Waals surface area contributed by atoms with E-state index in [1.54, 1.807) is 12.2 Å². The molecule has 318 valence electrons. The highest BCUT2D eigenvalue weighted by Crippen LogP contribution is 2.43. The molecular formula is C44H71O11P. The van der Waals surface area contributed by atoms with E-state index in [0.29, 0.717) is 25.7 Å². The molecule has 0 aliphatic carbocycles. The van der Waals surface area contributed by atoms with E-state index in [1.165, 1.54) is 19.3 Å². The molecule has 0 heterocycles. The quantitative estimate of drug-likeness (QED) is 0.0137. The first-order valence-corrected chi connectivity index (χ1v) is 22.0. The SMILES string of the molecule is CCCCC/C=C\C/C=C\C/C=C\CCCCC(=O)O[C@H](COC(=O)CCC/C=C\C/C=C\C/C=C\C=C\C(=O)CCCCC)COP(=O)(O)OC[C@@H](O)CO. The Morgan fingerprint density at radius 3 is 1.70 bits per heavy atom. The van der Waals surface area contributed by atoms with Crippen LogP contribution in [-0.2, 0) is 37.5 Å². The van der Waals surface area contributed by atoms with Crippen molar-refractivity contribution in [2.45, 2.75) is 148 Å². The van der Waals surface area contributed by atoms with Crippen molar-refractivity contribution in [1.29, 1.82) is 0 Å². The smallest absolute Gasteiger partial charge is 0.462 e. The van der Waals surface area contributed by atoms with E-state index in [9.17, 15) is 28.9 Å². The van der Waals surface area contributed by atoms with Gasteiger partial charge in [0.2, 0.25) is 0 Å². The third-order valence-electron chi connectivity index (χ3n) is 8.00. The van der Waals surface area contributed by atoms with Crippen LogP contribution in [0.5, 0.6) is 0 Å². The number of aliphatic hydroxyl groups excluding tert-OH is 2. The lowest BCUT2D eigenvalue weighted by atomic mass is 10.1. The number of carbonyl (C=O) groups excluding carboxylic acids is 3. The number of esters is 2. The number of phosphoric ester groups is 1. The minimum Gasteiger partial charge on any atom is -0.462 e. The number of unbranched alkanes of at least 4 members (excludes halogenated alkanes) is 8. The van der Waals surface area contributed by atoms with Gasteiger partial charge < -0.3 is 24.6 Å². The lowest BCUT2D eigenvalue weighted by molar-refractivity contribution is -0.161. The molecule has 11 nitrogen and oxygen atoms in total. The lowest BCUT2D eigenvalue weighted by Crippen LogP contribution is -2.29. The number of phosphoric acid groups is 1. The average molecular weight is 807 g/mol. The molecule has 56 heavy (non-hydrogen) atoms. The van der Waals surface area contributed by atoms with Crippen LogP contribution in [0.4, 0.5) is 0 Å². The molecule has 0 aromatic rings. The van der Waals surface area contributed by atoms with Crippen molar-refractivity contribution in [2.24, 2.45) is 0 Å². The zero-order valence-electron chi connectivity index (χ0n) is 34.1. The maximum atomic E-state index is 12.6. The maximum Gasteiger partial charge on any atom is 0.472 e. The third-order valence-corrected chi connectivity index (χ3v) is 8.95. The number of ketones is 1. The number of carbonyl (C=O) groups is 3. The number of hydrogen-bond acceptors (Lipinski definition) is 10. The standard InChI is InChI=1S/C44H71O11P/c1-3-5-7-8-9-10-11-12-13-14-17-21-24-27-31-35-44(49)55-42(39-54-56(50,51)53-37-41(47)36-45)38-52-43(48)34-30-26-23-20-18-15-16-19-22-25-29-33-40(46)32-28-6-4-2/h9-10,12-13,15-17,20-23,25,29,33,41-42,45,47H,3-8,11,14,18-19,24,26-28,30-32,34-39H2,1-2H3,(H,50,51)/b10-9-,13-12-,16-15-,21-17-,23-20-,25-22-,33-29+/t41-,42+/m0/s1. The number of allylic oxidation sites excluding steroid dienone is 14. The van der Waals surface area contributed by atoms with E-state index < -0.39 is 51.8 Å². The van der Waals surface area contributed by atoms with E-state index in [-0.39, 0.29) is 25.2 Å². The molecule has 0 aliphatic heterocycles. The van der Waals surface area contributed by atoms with Gasteiger partial charge in [0.15, 0.2) is 11.9 Å². The molecule has 0 amide bonds. The highest BCUT2D eigenvalue weighted by atomic mass is 31.2. The Morgan fingerprint density at radius 2 is 1.09 bits per heavy atom. The monoisotopic (exact) mass is 806 g/mol. The zero-order valence-corrected chi connectivity index (χ0v) is 35.0. The van der Waals surface area contributed by atoms with Crippen molar-refractivity contribution >= 4 is 25.5 Å². The Kier molecular flexibility index (Phi) is 36.5. The molecule has 1 unspecified atom stereocenters. The van der Waals surface area contributed by atoms with Crippen molar-refractivity contribution in [3.63, 3.8) is 0 Å². The predicted molar refractivity (Wildman–Crippen MR) is 224 cm³/mol. The van der Waals surface area contributed by atoms with Crippen molar-refractivity contribution in [1.82, 2.24) is 0 Å². The molecule has 0 bridgehead atoms. The van der Waals surface area contributed by atoms with Gasteiger partial charge in [-0.3, -0.25) is 23.4 Å². The van der Waals surface area contributed by atoms with Crippen LogP contribution >= 0.6 is 7.82 Å². The molecule has 0 saturated carbocycles. The molecular weight excluding hydrogens is 735 g/mol. The predicted octanol–water partition coefficient (Wildman–Crippen LogP) is 9.84. The van der Waals surface area contributed by atoms with Crippen molar-refractivity contribution in [3.8, 4) is 0 Å². The summed E-state index contributed by atoms with van der Waals surface area (Å²) in [6.07, 6.45) is 41.1. The van der Waals surface area contributed by atoms with E-state index >= 15 is 0 Å². The molecule has 0 saturated heterocycles. The highest BCUT2D eigenvalue weighted by Gasteiger charge is 2.27. The molecule has 0 rings (SSSR count). The van der Waals surface area contributed by atoms with Gasteiger partial charge in [-0.2, -0.15) is 0 Å². The maximum absolute atomic E-state index is 12.6. The van der Waals surface area contributed by atoms with Crippen molar-refractivity contribution in [2.75, 3.05) is 26.4 Å². The zero-order chi connectivity index (χ0) is 41.4. The Labute approximate surface area is 336 Å². The summed E-state index contributed by atoms with van der Waals surface area (Å²) in [5, 5.41) is 18.3. The molecule has 0 spiro atoms. The van der Waals surface area contributed by atoms with Gasteiger partial charge in [-0.25, -0.2) is 4.57 Å². The topological polar surface area (TPSA) is 166 Å². The van der Waals surface area contributed by atoms with Gasteiger partial charge in [0.05, 0.1) is 19.8 Å². The molecule has 3 atom stereocenters. The van der Waals surface area contributed by atoms with Gasteiger partial charge in [0.25, 0.3) is 0 Å². The van der Waals surface area contributed by atoms with Crippen LogP contribution < -0.4 is 0 Å². The van der Waals surface area contributed by atoms with E-state index in [0.717, 1.165) is 64.2 Å². The Morgan fingerprint density at radius 1 is 0.589 bits per heavy atom. The van der Waals surface area contributed by atoms with Gasteiger partial charge in [-0.05, 0) is 83.1 Å². The van der Waals surface area contributed by atoms with Crippen molar-refractivity contribution in [3.05, 3.63) is 85.1 Å². The minimum atomic E-state index is -4.66. The first kappa shape index (κ1) is 52.8. The fourth-order valence-electron chi connectivity index (χ4n) is 4.77. The highest BCUT2D eigenvalue weighted by molar-refractivity contribution is 7.47. The molecule has 3 N–H and O–H groups in total. The number of rotatable bonds is 37. The lowest BCUT2D eigenvalue weighted by Gasteiger charge is -2.20. The van der Waals surface area contributed by atoms with Gasteiger partial charge in [-0.1, -0.05) is 119 Å². The van der Waals surface area contributed by atoms with Crippen LogP contribution in [0.3, 0.4) is 0 Å². The first-order valence-electron chi connectivity index (χ1n) is 20.5. The summed E-state index contributed by atoms with van der Waals surface area (Å²) in [6.45, 7) is 2.03. The van der Waals surface area contributed by atoms with Crippen LogP contribution in [0.2, 0.25) is 0 Å². The third kappa shape index (κ3) is 37.7. The summed E-state index contributed by atoms with van der Waals surface area (Å²) in [5.74, 6) is -0.924. The summed E-state index contributed by atoms with van der Waals surface area (Å²) < 4.78 is 32.5. The number of hydrogen-bond donors (Lipinski definition) is 3. The van der Waals surface area contributed by atoms with Crippen LogP contribution in [0.25, 0.3) is 0 Å². The molecule has 0 aromatic carbocycles. The summed E-state index contributed by atoms with van der Waals surface area (Å²) in [5.41, 5.74) is 0. The van der Waals surface area contributed by atoms with E-state index in [2.05, 4.69) is 54.8 Å².